The smallest absolute Gasteiger partial charge is 0.296 e. The molecule has 6 aromatic rings. The topological polar surface area (TPSA) is 27.7 Å². The van der Waals surface area contributed by atoms with E-state index in [0.717, 1.165) is 33.4 Å². The molecule has 0 N–H and O–H groups in total. The molecular formula is C42H39O3P. The molecule has 0 saturated carbocycles. The Hall–Kier alpha value is -4.37. The highest BCUT2D eigenvalue weighted by Crippen LogP contribution is 2.59. The van der Waals surface area contributed by atoms with Gasteiger partial charge in [-0.15, -0.1) is 0 Å². The molecule has 0 spiro atoms. The fraction of sp³-hybridized carbons (Fsp3) is 0.143. The first kappa shape index (κ1) is 31.6. The number of hydrogen-bond donors (Lipinski definition) is 0. The van der Waals surface area contributed by atoms with Gasteiger partial charge in [0.05, 0.1) is 0 Å². The van der Waals surface area contributed by atoms with Crippen LogP contribution in [0.3, 0.4) is 0 Å². The van der Waals surface area contributed by atoms with Gasteiger partial charge in [-0.3, -0.25) is 13.6 Å². The Morgan fingerprint density at radius 3 is 0.587 bits per heavy atom. The molecule has 6 rings (SSSR count). The molecule has 0 aliphatic rings. The summed E-state index contributed by atoms with van der Waals surface area (Å²) in [6.07, 6.45) is 0. The van der Waals surface area contributed by atoms with Crippen LogP contribution in [0.15, 0.2) is 182 Å². The normalized spacial score (nSPS) is 12.3. The van der Waals surface area contributed by atoms with Crippen molar-refractivity contribution in [1.82, 2.24) is 0 Å². The van der Waals surface area contributed by atoms with Crippen LogP contribution in [0.4, 0.5) is 0 Å². The zero-order chi connectivity index (χ0) is 31.9. The molecule has 0 saturated heterocycles. The predicted octanol–water partition coefficient (Wildman–Crippen LogP) is 11.2. The second kappa shape index (κ2) is 14.0. The largest absolute Gasteiger partial charge is 0.336 e. The first-order valence-electron chi connectivity index (χ1n) is 15.6. The maximum Gasteiger partial charge on any atom is 0.336 e. The van der Waals surface area contributed by atoms with E-state index in [1.807, 2.05) is 109 Å². The first-order chi connectivity index (χ1) is 22.4. The molecule has 3 nitrogen and oxygen atoms in total. The van der Waals surface area contributed by atoms with E-state index in [1.54, 1.807) is 0 Å². The molecule has 0 bridgehead atoms. The third-order valence-corrected chi connectivity index (χ3v) is 10.3. The lowest BCUT2D eigenvalue weighted by Gasteiger charge is -2.42. The lowest BCUT2D eigenvalue weighted by Crippen LogP contribution is -2.33. The molecule has 0 aliphatic heterocycles. The highest BCUT2D eigenvalue weighted by atomic mass is 31.2. The van der Waals surface area contributed by atoms with Gasteiger partial charge < -0.3 is 0 Å². The summed E-state index contributed by atoms with van der Waals surface area (Å²) in [6.45, 7) is 6.30. The molecule has 0 unspecified atom stereocenters. The molecule has 6 aromatic carbocycles. The van der Waals surface area contributed by atoms with Crippen molar-refractivity contribution in [2.24, 2.45) is 0 Å². The van der Waals surface area contributed by atoms with Gasteiger partial charge in [0.25, 0.3) is 0 Å². The highest BCUT2D eigenvalue weighted by Gasteiger charge is 2.44. The Balaban J connectivity index is 1.53. The Labute approximate surface area is 274 Å². The van der Waals surface area contributed by atoms with E-state index >= 15 is 0 Å². The summed E-state index contributed by atoms with van der Waals surface area (Å²) in [7, 11) is -2.07. The van der Waals surface area contributed by atoms with Gasteiger partial charge in [0.1, 0.15) is 16.8 Å². The third kappa shape index (κ3) is 6.60. The van der Waals surface area contributed by atoms with Crippen LogP contribution in [0.5, 0.6) is 0 Å². The van der Waals surface area contributed by atoms with E-state index in [9.17, 15) is 0 Å². The SMILES string of the molecule is CC(OP(OC(C)(c1ccccc1)c1ccccc1)OC(C)(c1ccccc1)c1ccccc1)(c1ccccc1)c1ccccc1. The van der Waals surface area contributed by atoms with Crippen LogP contribution in [-0.2, 0) is 30.4 Å². The molecule has 46 heavy (non-hydrogen) atoms. The molecule has 4 heteroatoms. The molecule has 0 aliphatic carbocycles. The molecule has 0 amide bonds. The van der Waals surface area contributed by atoms with Gasteiger partial charge in [-0.05, 0) is 54.2 Å². The van der Waals surface area contributed by atoms with Crippen molar-refractivity contribution < 1.29 is 13.6 Å². The van der Waals surface area contributed by atoms with Crippen molar-refractivity contribution in [3.8, 4) is 0 Å². The summed E-state index contributed by atoms with van der Waals surface area (Å²) in [5.41, 5.74) is 3.34. The standard InChI is InChI=1S/C42H39O3P/c1-40(34-22-10-4-11-23-34,35-24-12-5-13-25-35)43-46(44-41(2,36-26-14-6-15-27-36)37-28-16-7-17-29-37)45-42(3,38-30-18-8-19-31-38)39-32-20-9-21-33-39/h4-33H,1-3H3. The first-order valence-corrected chi connectivity index (χ1v) is 16.7. The van der Waals surface area contributed by atoms with Crippen LogP contribution in [0.1, 0.15) is 54.2 Å². The van der Waals surface area contributed by atoms with Crippen LogP contribution in [0.2, 0.25) is 0 Å². The zero-order valence-electron chi connectivity index (χ0n) is 26.5. The van der Waals surface area contributed by atoms with Crippen LogP contribution in [-0.4, -0.2) is 0 Å². The minimum absolute atomic E-state index is 0.892. The van der Waals surface area contributed by atoms with Gasteiger partial charge in [0, 0.05) is 0 Å². The van der Waals surface area contributed by atoms with Crippen molar-refractivity contribution in [1.29, 1.82) is 0 Å². The van der Waals surface area contributed by atoms with Crippen molar-refractivity contribution in [3.05, 3.63) is 215 Å². The summed E-state index contributed by atoms with van der Waals surface area (Å²) >= 11 is 0. The van der Waals surface area contributed by atoms with E-state index in [4.69, 9.17) is 13.6 Å². The van der Waals surface area contributed by atoms with Crippen LogP contribution >= 0.6 is 8.60 Å². The van der Waals surface area contributed by atoms with Gasteiger partial charge in [0.2, 0.25) is 0 Å². The Morgan fingerprint density at radius 1 is 0.283 bits per heavy atom. The fourth-order valence-corrected chi connectivity index (χ4v) is 7.50. The molecule has 0 atom stereocenters. The minimum Gasteiger partial charge on any atom is -0.296 e. The van der Waals surface area contributed by atoms with Crippen molar-refractivity contribution in [2.75, 3.05) is 0 Å². The molecule has 0 heterocycles. The number of benzene rings is 6. The van der Waals surface area contributed by atoms with Gasteiger partial charge in [-0.2, -0.15) is 0 Å². The van der Waals surface area contributed by atoms with Gasteiger partial charge in [-0.1, -0.05) is 182 Å². The average Bonchev–Trinajstić information content (AvgIpc) is 3.13. The van der Waals surface area contributed by atoms with Crippen LogP contribution in [0, 0.1) is 0 Å². The molecule has 0 aromatic heterocycles. The van der Waals surface area contributed by atoms with Crippen molar-refractivity contribution in [3.63, 3.8) is 0 Å². The van der Waals surface area contributed by atoms with E-state index in [2.05, 4.69) is 93.6 Å². The summed E-state index contributed by atoms with van der Waals surface area (Å²) < 4.78 is 21.9. The van der Waals surface area contributed by atoms with Gasteiger partial charge in [-0.25, -0.2) is 0 Å². The van der Waals surface area contributed by atoms with Gasteiger partial charge >= 0.3 is 8.60 Å². The maximum absolute atomic E-state index is 7.31. The second-order valence-electron chi connectivity index (χ2n) is 11.8. The van der Waals surface area contributed by atoms with Crippen molar-refractivity contribution in [2.45, 2.75) is 37.6 Å². The lowest BCUT2D eigenvalue weighted by atomic mass is 9.88. The summed E-state index contributed by atoms with van der Waals surface area (Å²) in [6, 6.07) is 61.8. The van der Waals surface area contributed by atoms with Gasteiger partial charge in [0.15, 0.2) is 0 Å². The zero-order valence-corrected chi connectivity index (χ0v) is 27.4. The summed E-state index contributed by atoms with van der Waals surface area (Å²) in [4.78, 5) is 0. The highest BCUT2D eigenvalue weighted by molar-refractivity contribution is 7.41. The molecule has 0 radical (unpaired) electrons. The Morgan fingerprint density at radius 2 is 0.435 bits per heavy atom. The van der Waals surface area contributed by atoms with E-state index in [-0.39, 0.29) is 0 Å². The van der Waals surface area contributed by atoms with E-state index < -0.39 is 25.4 Å². The molecule has 230 valence electrons. The lowest BCUT2D eigenvalue weighted by molar-refractivity contribution is -0.0000791. The maximum atomic E-state index is 7.31. The average molecular weight is 623 g/mol. The quantitative estimate of drug-likeness (QED) is 0.127. The number of hydrogen-bond acceptors (Lipinski definition) is 3. The van der Waals surface area contributed by atoms with Crippen molar-refractivity contribution >= 4 is 8.60 Å². The minimum atomic E-state index is -2.07. The number of rotatable bonds is 12. The Bertz CT molecular complexity index is 1450. The molecule has 0 fully saturated rings. The third-order valence-electron chi connectivity index (χ3n) is 8.72. The van der Waals surface area contributed by atoms with Crippen LogP contribution in [0.25, 0.3) is 0 Å². The summed E-state index contributed by atoms with van der Waals surface area (Å²) in [5, 5.41) is 0. The predicted molar refractivity (Wildman–Crippen MR) is 188 cm³/mol. The van der Waals surface area contributed by atoms with Crippen LogP contribution < -0.4 is 0 Å². The fourth-order valence-electron chi connectivity index (χ4n) is 5.86. The Kier molecular flexibility index (Phi) is 9.59. The second-order valence-corrected chi connectivity index (χ2v) is 12.8. The van der Waals surface area contributed by atoms with E-state index in [1.165, 1.54) is 0 Å². The summed E-state index contributed by atoms with van der Waals surface area (Å²) in [5.74, 6) is 0. The monoisotopic (exact) mass is 622 g/mol. The van der Waals surface area contributed by atoms with E-state index in [0.29, 0.717) is 0 Å². The molecular weight excluding hydrogens is 583 g/mol.